The van der Waals surface area contributed by atoms with E-state index < -0.39 is 0 Å². The van der Waals surface area contributed by atoms with Crippen molar-refractivity contribution in [2.75, 3.05) is 5.32 Å². The summed E-state index contributed by atoms with van der Waals surface area (Å²) in [6, 6.07) is 8.35. The van der Waals surface area contributed by atoms with Crippen LogP contribution in [0.3, 0.4) is 0 Å². The number of hydrogen-bond acceptors (Lipinski definition) is 3. The van der Waals surface area contributed by atoms with Gasteiger partial charge in [0.2, 0.25) is 11.2 Å². The Hall–Kier alpha value is -2.35. The number of halogens is 1. The summed E-state index contributed by atoms with van der Waals surface area (Å²) >= 11 is 3.61. The summed E-state index contributed by atoms with van der Waals surface area (Å²) in [6.45, 7) is 0.518. The Kier molecular flexibility index (Phi) is 5.14. The standard InChI is InChI=1S/C20H24BrN5O2/c1-24-17-16(18(27)25(2)20(24)28)26(12-13-8-6-7-11-15(13)21)19(23-17)22-14-9-4-3-5-10-14/h6-8,11,14H,3-5,9-10,12H2,1-2H3,(H,22,23,27)/p+1. The van der Waals surface area contributed by atoms with Gasteiger partial charge >= 0.3 is 11.6 Å². The minimum atomic E-state index is -0.337. The molecule has 0 aliphatic heterocycles. The Morgan fingerprint density at radius 1 is 1.14 bits per heavy atom. The Morgan fingerprint density at radius 3 is 2.57 bits per heavy atom. The highest BCUT2D eigenvalue weighted by Gasteiger charge is 2.27. The number of rotatable bonds is 4. The zero-order valence-corrected chi connectivity index (χ0v) is 17.8. The fraction of sp³-hybridized carbons (Fsp3) is 0.450. The van der Waals surface area contributed by atoms with Crippen LogP contribution in [0.5, 0.6) is 0 Å². The molecule has 7 nitrogen and oxygen atoms in total. The maximum Gasteiger partial charge on any atom is 0.357 e. The first-order valence-electron chi connectivity index (χ1n) is 9.69. The SMILES string of the molecule is Cn1c(=O)c2c([nH]c(NC3CCCCC3)[n+]2Cc2ccccc2Br)n(C)c1=O. The van der Waals surface area contributed by atoms with E-state index in [1.54, 1.807) is 7.05 Å². The van der Waals surface area contributed by atoms with E-state index in [4.69, 9.17) is 0 Å². The minimum absolute atomic E-state index is 0.293. The topological polar surface area (TPSA) is 75.7 Å². The molecule has 2 heterocycles. The molecule has 148 valence electrons. The van der Waals surface area contributed by atoms with Crippen LogP contribution in [-0.4, -0.2) is 20.2 Å². The quantitative estimate of drug-likeness (QED) is 0.604. The molecule has 1 aliphatic carbocycles. The van der Waals surface area contributed by atoms with Gasteiger partial charge in [0, 0.05) is 24.1 Å². The second-order valence-electron chi connectivity index (χ2n) is 7.53. The second kappa shape index (κ2) is 7.58. The van der Waals surface area contributed by atoms with Crippen molar-refractivity contribution in [1.82, 2.24) is 14.1 Å². The largest absolute Gasteiger partial charge is 0.357 e. The van der Waals surface area contributed by atoms with Crippen LogP contribution in [0.2, 0.25) is 0 Å². The molecule has 0 spiro atoms. The molecule has 1 fully saturated rings. The molecular weight excluding hydrogens is 422 g/mol. The van der Waals surface area contributed by atoms with Crippen molar-refractivity contribution in [3.8, 4) is 0 Å². The van der Waals surface area contributed by atoms with Crippen molar-refractivity contribution in [3.05, 3.63) is 55.1 Å². The van der Waals surface area contributed by atoms with Gasteiger partial charge in [-0.3, -0.25) is 19.2 Å². The van der Waals surface area contributed by atoms with Crippen LogP contribution in [0.1, 0.15) is 37.7 Å². The number of aromatic nitrogens is 4. The van der Waals surface area contributed by atoms with Crippen molar-refractivity contribution >= 4 is 33.0 Å². The molecule has 4 rings (SSSR count). The molecule has 0 atom stereocenters. The molecule has 0 unspecified atom stereocenters. The van der Waals surface area contributed by atoms with Gasteiger partial charge in [-0.15, -0.1) is 0 Å². The van der Waals surface area contributed by atoms with Crippen LogP contribution in [-0.2, 0) is 20.6 Å². The number of aromatic amines is 1. The zero-order chi connectivity index (χ0) is 19.8. The molecule has 0 saturated heterocycles. The van der Waals surface area contributed by atoms with E-state index in [1.807, 2.05) is 28.8 Å². The summed E-state index contributed by atoms with van der Waals surface area (Å²) in [7, 11) is 3.21. The molecule has 0 amide bonds. The molecule has 1 aromatic carbocycles. The lowest BCUT2D eigenvalue weighted by atomic mass is 9.96. The van der Waals surface area contributed by atoms with Gasteiger partial charge in [0.25, 0.3) is 5.56 Å². The smallest absolute Gasteiger partial charge is 0.275 e. The number of nitrogens with one attached hydrogen (secondary N) is 2. The lowest BCUT2D eigenvalue weighted by Gasteiger charge is -2.19. The van der Waals surface area contributed by atoms with Gasteiger partial charge in [-0.05, 0) is 18.9 Å². The zero-order valence-electron chi connectivity index (χ0n) is 16.2. The Balaban J connectivity index is 1.90. The van der Waals surface area contributed by atoms with Crippen molar-refractivity contribution < 1.29 is 4.57 Å². The molecule has 28 heavy (non-hydrogen) atoms. The van der Waals surface area contributed by atoms with Crippen molar-refractivity contribution in [2.24, 2.45) is 14.1 Å². The highest BCUT2D eigenvalue weighted by Crippen LogP contribution is 2.22. The van der Waals surface area contributed by atoms with Gasteiger partial charge in [-0.25, -0.2) is 14.3 Å². The van der Waals surface area contributed by atoms with E-state index in [0.29, 0.717) is 23.8 Å². The Bertz CT molecular complexity index is 1140. The van der Waals surface area contributed by atoms with Crippen LogP contribution in [0.25, 0.3) is 11.2 Å². The van der Waals surface area contributed by atoms with Gasteiger partial charge in [0.15, 0.2) is 0 Å². The summed E-state index contributed by atoms with van der Waals surface area (Å²) in [6.07, 6.45) is 5.92. The van der Waals surface area contributed by atoms with Gasteiger partial charge in [0.1, 0.15) is 0 Å². The van der Waals surface area contributed by atoms with Crippen molar-refractivity contribution in [1.29, 1.82) is 0 Å². The first-order chi connectivity index (χ1) is 13.5. The predicted octanol–water partition coefficient (Wildman–Crippen LogP) is 2.41. The van der Waals surface area contributed by atoms with Gasteiger partial charge < -0.3 is 0 Å². The van der Waals surface area contributed by atoms with Crippen LogP contribution >= 0.6 is 15.9 Å². The highest BCUT2D eigenvalue weighted by atomic mass is 79.9. The highest BCUT2D eigenvalue weighted by molar-refractivity contribution is 9.10. The van der Waals surface area contributed by atoms with Crippen LogP contribution < -0.4 is 21.1 Å². The van der Waals surface area contributed by atoms with E-state index in [2.05, 4.69) is 26.2 Å². The Morgan fingerprint density at radius 2 is 1.86 bits per heavy atom. The molecule has 0 bridgehead atoms. The third kappa shape index (κ3) is 3.30. The molecule has 1 saturated carbocycles. The number of imidazole rings is 1. The number of hydrogen-bond donors (Lipinski definition) is 2. The Labute approximate surface area is 171 Å². The molecule has 2 N–H and O–H groups in total. The van der Waals surface area contributed by atoms with E-state index in [-0.39, 0.29) is 11.2 Å². The van der Waals surface area contributed by atoms with Crippen LogP contribution in [0.15, 0.2) is 38.3 Å². The molecular formula is C20H25BrN5O2+. The number of nitrogens with zero attached hydrogens (tertiary/aromatic N) is 3. The van der Waals surface area contributed by atoms with E-state index in [9.17, 15) is 9.59 Å². The lowest BCUT2D eigenvalue weighted by Crippen LogP contribution is -2.45. The minimum Gasteiger partial charge on any atom is -0.275 e. The molecule has 2 aromatic heterocycles. The maximum absolute atomic E-state index is 13.0. The number of fused-ring (bicyclic) bond motifs is 1. The summed E-state index contributed by atoms with van der Waals surface area (Å²) in [5.74, 6) is 0.774. The van der Waals surface area contributed by atoms with E-state index in [0.717, 1.165) is 33.4 Å². The fourth-order valence-corrected chi connectivity index (χ4v) is 4.42. The lowest BCUT2D eigenvalue weighted by molar-refractivity contribution is -0.648. The number of aryl methyl sites for hydroxylation is 1. The fourth-order valence-electron chi connectivity index (χ4n) is 4.01. The number of H-pyrrole nitrogens is 1. The summed E-state index contributed by atoms with van der Waals surface area (Å²) in [5, 5.41) is 3.60. The molecule has 8 heteroatoms. The number of anilines is 1. The third-order valence-corrected chi connectivity index (χ3v) is 6.42. The van der Waals surface area contributed by atoms with Crippen LogP contribution in [0, 0.1) is 0 Å². The third-order valence-electron chi connectivity index (χ3n) is 5.65. The van der Waals surface area contributed by atoms with Crippen molar-refractivity contribution in [3.63, 3.8) is 0 Å². The van der Waals surface area contributed by atoms with Gasteiger partial charge in [-0.2, -0.15) is 0 Å². The van der Waals surface area contributed by atoms with Crippen molar-refractivity contribution in [2.45, 2.75) is 44.7 Å². The monoisotopic (exact) mass is 446 g/mol. The van der Waals surface area contributed by atoms with E-state index in [1.165, 1.54) is 30.9 Å². The van der Waals surface area contributed by atoms with Gasteiger partial charge in [-0.1, -0.05) is 53.4 Å². The van der Waals surface area contributed by atoms with Crippen LogP contribution in [0.4, 0.5) is 5.95 Å². The number of benzene rings is 1. The molecule has 0 radical (unpaired) electrons. The molecule has 1 aliphatic rings. The summed E-state index contributed by atoms with van der Waals surface area (Å²) in [4.78, 5) is 28.7. The van der Waals surface area contributed by atoms with E-state index >= 15 is 0 Å². The average Bonchev–Trinajstić information content (AvgIpc) is 3.05. The first-order valence-corrected chi connectivity index (χ1v) is 10.5. The predicted molar refractivity (Wildman–Crippen MR) is 113 cm³/mol. The second-order valence-corrected chi connectivity index (χ2v) is 8.39. The normalized spacial score (nSPS) is 15.2. The average molecular weight is 447 g/mol. The summed E-state index contributed by atoms with van der Waals surface area (Å²) in [5.41, 5.74) is 1.47. The molecule has 3 aromatic rings. The maximum atomic E-state index is 13.0. The first kappa shape index (κ1) is 19.0. The van der Waals surface area contributed by atoms with Gasteiger partial charge in [0.05, 0.1) is 12.6 Å². The summed E-state index contributed by atoms with van der Waals surface area (Å²) < 4.78 is 5.62.